The van der Waals surface area contributed by atoms with Crippen LogP contribution in [-0.4, -0.2) is 17.3 Å². The van der Waals surface area contributed by atoms with Crippen LogP contribution in [0.2, 0.25) is 0 Å². The molecule has 0 saturated heterocycles. The van der Waals surface area contributed by atoms with Gasteiger partial charge in [-0.2, -0.15) is 0 Å². The van der Waals surface area contributed by atoms with E-state index in [1.54, 1.807) is 12.1 Å². The summed E-state index contributed by atoms with van der Waals surface area (Å²) >= 11 is 0. The van der Waals surface area contributed by atoms with Gasteiger partial charge >= 0.3 is 0 Å². The van der Waals surface area contributed by atoms with Crippen LogP contribution in [0.15, 0.2) is 24.3 Å². The number of carbonyl (C=O) groups is 1. The molecule has 0 unspecified atom stereocenters. The lowest BCUT2D eigenvalue weighted by molar-refractivity contribution is 0.0997. The maximum Gasteiger partial charge on any atom is 0.192 e. The second-order valence-corrected chi connectivity index (χ2v) is 3.01. The molecule has 0 atom stereocenters. The molecule has 0 aliphatic carbocycles. The van der Waals surface area contributed by atoms with Crippen molar-refractivity contribution in [3.8, 4) is 0 Å². The number of halogens is 1. The Morgan fingerprint density at radius 3 is 2.93 bits per heavy atom. The molecule has 0 saturated carbocycles. The first-order valence-electron chi connectivity index (χ1n) is 4.23. The van der Waals surface area contributed by atoms with Crippen molar-refractivity contribution in [1.29, 1.82) is 0 Å². The van der Waals surface area contributed by atoms with Crippen molar-refractivity contribution < 1.29 is 9.18 Å². The summed E-state index contributed by atoms with van der Waals surface area (Å²) in [7, 11) is 0. The van der Waals surface area contributed by atoms with E-state index in [0.29, 0.717) is 16.6 Å². The Labute approximate surface area is 79.7 Å². The Hall–Kier alpha value is -1.68. The molecule has 0 aliphatic rings. The minimum absolute atomic E-state index is 0.0750. The van der Waals surface area contributed by atoms with Crippen LogP contribution >= 0.6 is 0 Å². The summed E-state index contributed by atoms with van der Waals surface area (Å²) in [6.07, 6.45) is 0. The lowest BCUT2D eigenvalue weighted by atomic mass is 10.2. The topological polar surface area (TPSA) is 58.9 Å². The van der Waals surface area contributed by atoms with Crippen LogP contribution in [0.25, 0.3) is 10.9 Å². The van der Waals surface area contributed by atoms with Crippen LogP contribution < -0.4 is 5.73 Å². The average molecular weight is 192 g/mol. The van der Waals surface area contributed by atoms with Crippen molar-refractivity contribution in [2.75, 3.05) is 6.54 Å². The molecule has 0 fully saturated rings. The SMILES string of the molecule is NCC(=O)c1cc2c(F)cccc2[nH]1. The number of hydrogen-bond donors (Lipinski definition) is 2. The Morgan fingerprint density at radius 1 is 1.50 bits per heavy atom. The van der Waals surface area contributed by atoms with Crippen molar-refractivity contribution in [3.63, 3.8) is 0 Å². The van der Waals surface area contributed by atoms with Gasteiger partial charge in [-0.25, -0.2) is 4.39 Å². The van der Waals surface area contributed by atoms with E-state index >= 15 is 0 Å². The van der Waals surface area contributed by atoms with Gasteiger partial charge in [0.05, 0.1) is 12.2 Å². The lowest BCUT2D eigenvalue weighted by Gasteiger charge is -1.89. The van der Waals surface area contributed by atoms with Crippen LogP contribution in [0.5, 0.6) is 0 Å². The van der Waals surface area contributed by atoms with E-state index in [2.05, 4.69) is 4.98 Å². The molecular weight excluding hydrogens is 183 g/mol. The number of fused-ring (bicyclic) bond motifs is 1. The van der Waals surface area contributed by atoms with Gasteiger partial charge in [0.25, 0.3) is 0 Å². The smallest absolute Gasteiger partial charge is 0.192 e. The quantitative estimate of drug-likeness (QED) is 0.707. The van der Waals surface area contributed by atoms with E-state index in [1.165, 1.54) is 12.1 Å². The highest BCUT2D eigenvalue weighted by Crippen LogP contribution is 2.18. The molecule has 1 aromatic carbocycles. The predicted octanol–water partition coefficient (Wildman–Crippen LogP) is 1.45. The van der Waals surface area contributed by atoms with Gasteiger partial charge in [0, 0.05) is 10.9 Å². The van der Waals surface area contributed by atoms with Gasteiger partial charge in [-0.15, -0.1) is 0 Å². The number of rotatable bonds is 2. The molecule has 0 amide bonds. The van der Waals surface area contributed by atoms with Gasteiger partial charge < -0.3 is 10.7 Å². The summed E-state index contributed by atoms with van der Waals surface area (Å²) < 4.78 is 13.2. The molecule has 0 radical (unpaired) electrons. The average Bonchev–Trinajstić information content (AvgIpc) is 2.62. The summed E-state index contributed by atoms with van der Waals surface area (Å²) in [5.41, 5.74) is 6.17. The summed E-state index contributed by atoms with van der Waals surface area (Å²) in [6.45, 7) is -0.0750. The summed E-state index contributed by atoms with van der Waals surface area (Å²) in [5, 5.41) is 0.421. The van der Waals surface area contributed by atoms with E-state index in [1.807, 2.05) is 0 Å². The van der Waals surface area contributed by atoms with Crippen LogP contribution in [0.3, 0.4) is 0 Å². The van der Waals surface area contributed by atoms with Crippen molar-refractivity contribution in [1.82, 2.24) is 4.98 Å². The highest BCUT2D eigenvalue weighted by Gasteiger charge is 2.09. The first kappa shape index (κ1) is 8.90. The summed E-state index contributed by atoms with van der Waals surface area (Å²) in [4.78, 5) is 14.0. The normalized spacial score (nSPS) is 10.7. The molecule has 3 nitrogen and oxygen atoms in total. The zero-order valence-electron chi connectivity index (χ0n) is 7.38. The van der Waals surface area contributed by atoms with Gasteiger partial charge in [0.15, 0.2) is 5.78 Å². The van der Waals surface area contributed by atoms with Gasteiger partial charge in [0.1, 0.15) is 5.82 Å². The predicted molar refractivity (Wildman–Crippen MR) is 51.6 cm³/mol. The van der Waals surface area contributed by atoms with E-state index in [4.69, 9.17) is 5.73 Å². The number of carbonyl (C=O) groups excluding carboxylic acids is 1. The minimum Gasteiger partial charge on any atom is -0.352 e. The van der Waals surface area contributed by atoms with Crippen molar-refractivity contribution in [2.24, 2.45) is 5.73 Å². The molecule has 0 bridgehead atoms. The van der Waals surface area contributed by atoms with Crippen LogP contribution in [0.4, 0.5) is 4.39 Å². The Bertz CT molecular complexity index is 490. The van der Waals surface area contributed by atoms with Crippen LogP contribution in [-0.2, 0) is 0 Å². The Balaban J connectivity index is 2.62. The summed E-state index contributed by atoms with van der Waals surface area (Å²) in [5.74, 6) is -0.560. The molecule has 1 heterocycles. The number of benzene rings is 1. The first-order chi connectivity index (χ1) is 6.72. The lowest BCUT2D eigenvalue weighted by Crippen LogP contribution is -2.13. The number of nitrogens with two attached hydrogens (primary N) is 1. The van der Waals surface area contributed by atoms with Crippen molar-refractivity contribution in [3.05, 3.63) is 35.8 Å². The number of aromatic nitrogens is 1. The number of H-pyrrole nitrogens is 1. The number of aromatic amines is 1. The summed E-state index contributed by atoms with van der Waals surface area (Å²) in [6, 6.07) is 6.14. The van der Waals surface area contributed by atoms with Crippen LogP contribution in [0, 0.1) is 5.82 Å². The first-order valence-corrected chi connectivity index (χ1v) is 4.23. The van der Waals surface area contributed by atoms with E-state index in [-0.39, 0.29) is 18.1 Å². The molecule has 3 N–H and O–H groups in total. The number of Topliss-reactive ketones (excluding diaryl/α,β-unsaturated/α-hetero) is 1. The standard InChI is InChI=1S/C10H9FN2O/c11-7-2-1-3-8-6(7)4-9(13-8)10(14)5-12/h1-4,13H,5,12H2. The molecule has 72 valence electrons. The van der Waals surface area contributed by atoms with E-state index in [9.17, 15) is 9.18 Å². The molecule has 0 spiro atoms. The molecule has 2 rings (SSSR count). The zero-order chi connectivity index (χ0) is 10.1. The maximum absolute atomic E-state index is 13.2. The fourth-order valence-corrected chi connectivity index (χ4v) is 1.38. The van der Waals surface area contributed by atoms with Gasteiger partial charge in [-0.3, -0.25) is 4.79 Å². The zero-order valence-corrected chi connectivity index (χ0v) is 7.38. The molecule has 14 heavy (non-hydrogen) atoms. The molecule has 4 heteroatoms. The fraction of sp³-hybridized carbons (Fsp3) is 0.100. The van der Waals surface area contributed by atoms with E-state index in [0.717, 1.165) is 0 Å². The molecule has 2 aromatic rings. The fourth-order valence-electron chi connectivity index (χ4n) is 1.38. The Kier molecular flexibility index (Phi) is 2.05. The third kappa shape index (κ3) is 1.29. The van der Waals surface area contributed by atoms with E-state index < -0.39 is 0 Å². The van der Waals surface area contributed by atoms with Crippen LogP contribution in [0.1, 0.15) is 10.5 Å². The third-order valence-corrected chi connectivity index (χ3v) is 2.10. The highest BCUT2D eigenvalue weighted by atomic mass is 19.1. The Morgan fingerprint density at radius 2 is 2.29 bits per heavy atom. The van der Waals surface area contributed by atoms with Gasteiger partial charge in [-0.05, 0) is 18.2 Å². The number of nitrogens with one attached hydrogen (secondary N) is 1. The van der Waals surface area contributed by atoms with Crippen molar-refractivity contribution in [2.45, 2.75) is 0 Å². The minimum atomic E-state index is -0.338. The second kappa shape index (κ2) is 3.23. The van der Waals surface area contributed by atoms with Crippen molar-refractivity contribution >= 4 is 16.7 Å². The largest absolute Gasteiger partial charge is 0.352 e. The highest BCUT2D eigenvalue weighted by molar-refractivity contribution is 6.00. The monoisotopic (exact) mass is 192 g/mol. The second-order valence-electron chi connectivity index (χ2n) is 3.01. The maximum atomic E-state index is 13.2. The third-order valence-electron chi connectivity index (χ3n) is 2.10. The number of ketones is 1. The number of hydrogen-bond acceptors (Lipinski definition) is 2. The van der Waals surface area contributed by atoms with Gasteiger partial charge in [-0.1, -0.05) is 6.07 Å². The molecule has 1 aromatic heterocycles. The molecule has 0 aliphatic heterocycles. The molecular formula is C10H9FN2O. The van der Waals surface area contributed by atoms with Gasteiger partial charge in [0.2, 0.25) is 0 Å².